The zero-order chi connectivity index (χ0) is 16.2. The molecule has 1 aromatic carbocycles. The summed E-state index contributed by atoms with van der Waals surface area (Å²) in [4.78, 5) is 4.43. The minimum Gasteiger partial charge on any atom is -0.376 e. The fourth-order valence-corrected chi connectivity index (χ4v) is 3.49. The Labute approximate surface area is 165 Å². The molecule has 0 aliphatic carbocycles. The first-order valence-corrected chi connectivity index (χ1v) is 8.25. The van der Waals surface area contributed by atoms with Crippen LogP contribution in [0.2, 0.25) is 10.0 Å². The summed E-state index contributed by atoms with van der Waals surface area (Å²) in [5.74, 6) is 0.423. The molecule has 2 rings (SSSR count). The van der Waals surface area contributed by atoms with E-state index in [0.29, 0.717) is 29.1 Å². The molecule has 1 saturated heterocycles. The van der Waals surface area contributed by atoms with E-state index in [2.05, 4.69) is 24.2 Å². The van der Waals surface area contributed by atoms with Crippen molar-refractivity contribution in [1.82, 2.24) is 5.32 Å². The van der Waals surface area contributed by atoms with Gasteiger partial charge in [0.1, 0.15) is 0 Å². The number of nitrogens with zero attached hydrogens (tertiary/aromatic N) is 1. The largest absolute Gasteiger partial charge is 0.376 e. The number of nitrogens with one attached hydrogen (secondary N) is 1. The molecule has 0 bridgehead atoms. The lowest BCUT2D eigenvalue weighted by molar-refractivity contribution is 0.114. The standard InChI is InChI=1S/C16H23Cl2N3O.HI/c1-16(2,14-12(17)6-3-7-13(14)18)10-21-15(19)20-9-11-5-4-8-22-11;/h3,6-7,11H,4-5,8-10H2,1-2H3,(H3,19,20,21);1H. The van der Waals surface area contributed by atoms with Gasteiger partial charge in [-0.25, -0.2) is 0 Å². The molecule has 1 aliphatic heterocycles. The van der Waals surface area contributed by atoms with Crippen LogP contribution < -0.4 is 11.1 Å². The van der Waals surface area contributed by atoms with E-state index in [-0.39, 0.29) is 35.5 Å². The Kier molecular flexibility index (Phi) is 8.41. The first-order valence-electron chi connectivity index (χ1n) is 7.50. The second kappa shape index (κ2) is 9.30. The van der Waals surface area contributed by atoms with Crippen molar-refractivity contribution in [3.8, 4) is 0 Å². The highest BCUT2D eigenvalue weighted by Crippen LogP contribution is 2.35. The van der Waals surface area contributed by atoms with Gasteiger partial charge >= 0.3 is 0 Å². The molecule has 0 radical (unpaired) electrons. The van der Waals surface area contributed by atoms with Crippen molar-refractivity contribution >= 4 is 53.1 Å². The van der Waals surface area contributed by atoms with Gasteiger partial charge in [0.15, 0.2) is 5.96 Å². The second-order valence-electron chi connectivity index (χ2n) is 6.20. The third kappa shape index (κ3) is 5.96. The van der Waals surface area contributed by atoms with Gasteiger partial charge < -0.3 is 15.8 Å². The van der Waals surface area contributed by atoms with Crippen molar-refractivity contribution < 1.29 is 4.74 Å². The van der Waals surface area contributed by atoms with Gasteiger partial charge in [-0.3, -0.25) is 4.99 Å². The normalized spacial score (nSPS) is 18.6. The van der Waals surface area contributed by atoms with Crippen LogP contribution in [0, 0.1) is 0 Å². The maximum Gasteiger partial charge on any atom is 0.188 e. The summed E-state index contributed by atoms with van der Waals surface area (Å²) < 4.78 is 5.54. The van der Waals surface area contributed by atoms with Gasteiger partial charge in [-0.15, -0.1) is 24.0 Å². The van der Waals surface area contributed by atoms with Crippen LogP contribution in [0.25, 0.3) is 0 Å². The van der Waals surface area contributed by atoms with E-state index in [9.17, 15) is 0 Å². The van der Waals surface area contributed by atoms with Crippen LogP contribution in [0.3, 0.4) is 0 Å². The Morgan fingerprint density at radius 3 is 2.61 bits per heavy atom. The molecule has 4 nitrogen and oxygen atoms in total. The molecule has 1 fully saturated rings. The molecule has 0 aromatic heterocycles. The molecule has 1 heterocycles. The van der Waals surface area contributed by atoms with E-state index in [1.807, 2.05) is 18.2 Å². The van der Waals surface area contributed by atoms with E-state index in [1.165, 1.54) is 0 Å². The molecule has 0 amide bonds. The number of aliphatic imine (C=N–C) groups is 1. The minimum atomic E-state index is -0.300. The predicted octanol–water partition coefficient (Wildman–Crippen LogP) is 3.97. The summed E-state index contributed by atoms with van der Waals surface area (Å²) in [6, 6.07) is 5.52. The van der Waals surface area contributed by atoms with Gasteiger partial charge in [-0.05, 0) is 30.5 Å². The van der Waals surface area contributed by atoms with Crippen molar-refractivity contribution in [1.29, 1.82) is 0 Å². The number of guanidine groups is 1. The Balaban J connectivity index is 0.00000264. The van der Waals surface area contributed by atoms with Gasteiger partial charge in [0.2, 0.25) is 0 Å². The number of hydrogen-bond donors (Lipinski definition) is 2. The number of ether oxygens (including phenoxy) is 1. The maximum absolute atomic E-state index is 6.28. The lowest BCUT2D eigenvalue weighted by Gasteiger charge is -2.25. The van der Waals surface area contributed by atoms with E-state index < -0.39 is 0 Å². The van der Waals surface area contributed by atoms with Crippen molar-refractivity contribution in [3.63, 3.8) is 0 Å². The fourth-order valence-electron chi connectivity index (χ4n) is 2.59. The Bertz CT molecular complexity index is 526. The molecule has 0 spiro atoms. The molecule has 1 aromatic rings. The van der Waals surface area contributed by atoms with Crippen LogP contribution in [-0.2, 0) is 10.2 Å². The second-order valence-corrected chi connectivity index (χ2v) is 7.01. The predicted molar refractivity (Wildman–Crippen MR) is 108 cm³/mol. The van der Waals surface area contributed by atoms with E-state index >= 15 is 0 Å². The Hall–Kier alpha value is -0.240. The fraction of sp³-hybridized carbons (Fsp3) is 0.562. The summed E-state index contributed by atoms with van der Waals surface area (Å²) >= 11 is 12.6. The molecule has 1 unspecified atom stereocenters. The first kappa shape index (κ1) is 20.8. The van der Waals surface area contributed by atoms with Gasteiger partial charge in [-0.2, -0.15) is 0 Å². The molecule has 0 saturated carbocycles. The lowest BCUT2D eigenvalue weighted by Crippen LogP contribution is -2.38. The number of rotatable bonds is 5. The van der Waals surface area contributed by atoms with E-state index in [0.717, 1.165) is 25.0 Å². The third-order valence-electron chi connectivity index (χ3n) is 3.82. The van der Waals surface area contributed by atoms with Crippen LogP contribution >= 0.6 is 47.2 Å². The highest BCUT2D eigenvalue weighted by atomic mass is 127. The highest BCUT2D eigenvalue weighted by molar-refractivity contribution is 14.0. The third-order valence-corrected chi connectivity index (χ3v) is 4.45. The van der Waals surface area contributed by atoms with Crippen molar-refractivity contribution in [2.45, 2.75) is 38.2 Å². The van der Waals surface area contributed by atoms with Crippen LogP contribution in [-0.4, -0.2) is 31.8 Å². The highest BCUT2D eigenvalue weighted by Gasteiger charge is 2.26. The molecule has 7 heteroatoms. The summed E-state index contributed by atoms with van der Waals surface area (Å²) in [5.41, 5.74) is 6.53. The average Bonchev–Trinajstić information content (AvgIpc) is 2.96. The van der Waals surface area contributed by atoms with E-state index in [1.54, 1.807) is 0 Å². The molecular formula is C16H24Cl2IN3O. The Morgan fingerprint density at radius 2 is 2.04 bits per heavy atom. The minimum absolute atomic E-state index is 0. The van der Waals surface area contributed by atoms with Crippen LogP contribution in [0.1, 0.15) is 32.3 Å². The van der Waals surface area contributed by atoms with Crippen molar-refractivity contribution in [3.05, 3.63) is 33.8 Å². The zero-order valence-electron chi connectivity index (χ0n) is 13.4. The van der Waals surface area contributed by atoms with Crippen molar-refractivity contribution in [2.24, 2.45) is 10.7 Å². The van der Waals surface area contributed by atoms with Gasteiger partial charge in [0.05, 0.1) is 12.6 Å². The number of halogens is 3. The monoisotopic (exact) mass is 471 g/mol. The van der Waals surface area contributed by atoms with Gasteiger partial charge in [0.25, 0.3) is 0 Å². The molecule has 1 atom stereocenters. The molecule has 130 valence electrons. The molecule has 23 heavy (non-hydrogen) atoms. The lowest BCUT2D eigenvalue weighted by atomic mass is 9.84. The topological polar surface area (TPSA) is 59.6 Å². The van der Waals surface area contributed by atoms with Crippen LogP contribution in [0.5, 0.6) is 0 Å². The van der Waals surface area contributed by atoms with Gasteiger partial charge in [0, 0.05) is 28.6 Å². The number of benzene rings is 1. The smallest absolute Gasteiger partial charge is 0.188 e. The number of hydrogen-bond acceptors (Lipinski definition) is 2. The van der Waals surface area contributed by atoms with Crippen LogP contribution in [0.4, 0.5) is 0 Å². The van der Waals surface area contributed by atoms with Crippen LogP contribution in [0.15, 0.2) is 23.2 Å². The maximum atomic E-state index is 6.28. The molecule has 1 aliphatic rings. The summed E-state index contributed by atoms with van der Waals surface area (Å²) in [6.45, 7) is 6.14. The zero-order valence-corrected chi connectivity index (χ0v) is 17.3. The average molecular weight is 472 g/mol. The summed E-state index contributed by atoms with van der Waals surface area (Å²) in [7, 11) is 0. The summed E-state index contributed by atoms with van der Waals surface area (Å²) in [5, 5.41) is 4.42. The Morgan fingerprint density at radius 1 is 1.39 bits per heavy atom. The SMILES string of the molecule is CC(C)(CN=C(N)NCC1CCCO1)c1c(Cl)cccc1Cl.I. The molecule has 3 N–H and O–H groups in total. The quantitative estimate of drug-likeness (QED) is 0.388. The van der Waals surface area contributed by atoms with Gasteiger partial charge in [-0.1, -0.05) is 43.1 Å². The molecular weight excluding hydrogens is 448 g/mol. The van der Waals surface area contributed by atoms with Crippen molar-refractivity contribution in [2.75, 3.05) is 19.7 Å². The summed E-state index contributed by atoms with van der Waals surface area (Å²) in [6.07, 6.45) is 2.42. The van der Waals surface area contributed by atoms with E-state index in [4.69, 9.17) is 33.7 Å². The first-order chi connectivity index (χ1) is 10.4. The number of nitrogens with two attached hydrogens (primary N) is 1.